The van der Waals surface area contributed by atoms with Gasteiger partial charge in [-0.2, -0.15) is 5.10 Å². The Morgan fingerprint density at radius 2 is 1.83 bits per heavy atom. The number of benzene rings is 2. The van der Waals surface area contributed by atoms with Crippen LogP contribution in [0.15, 0.2) is 47.6 Å². The average molecular weight is 417 g/mol. The van der Waals surface area contributed by atoms with E-state index >= 15 is 0 Å². The van der Waals surface area contributed by atoms with Gasteiger partial charge in [0, 0.05) is 17.3 Å². The molecule has 0 aliphatic carbocycles. The molecule has 0 aromatic heterocycles. The van der Waals surface area contributed by atoms with Crippen molar-refractivity contribution in [2.75, 3.05) is 18.5 Å². The van der Waals surface area contributed by atoms with Crippen LogP contribution in [-0.2, 0) is 14.4 Å². The highest BCUT2D eigenvalue weighted by molar-refractivity contribution is 6.35. The number of aryl methyl sites for hydroxylation is 1. The molecule has 29 heavy (non-hydrogen) atoms. The van der Waals surface area contributed by atoms with Crippen LogP contribution in [0.25, 0.3) is 0 Å². The van der Waals surface area contributed by atoms with Gasteiger partial charge in [0.05, 0.1) is 6.21 Å². The Bertz CT molecular complexity index is 913. The number of rotatable bonds is 7. The minimum atomic E-state index is -0.844. The van der Waals surface area contributed by atoms with Gasteiger partial charge >= 0.3 is 11.8 Å². The molecule has 0 heterocycles. The van der Waals surface area contributed by atoms with Gasteiger partial charge in [-0.25, -0.2) is 5.43 Å². The molecular weight excluding hydrogens is 396 g/mol. The Hall–Kier alpha value is -3.39. The maximum absolute atomic E-state index is 12.0. The number of amides is 3. The Kier molecular flexibility index (Phi) is 8.17. The molecule has 0 aliphatic rings. The maximum atomic E-state index is 12.0. The third kappa shape index (κ3) is 7.27. The van der Waals surface area contributed by atoms with E-state index in [1.807, 2.05) is 13.0 Å². The van der Waals surface area contributed by atoms with Crippen molar-refractivity contribution in [3.05, 3.63) is 58.6 Å². The number of nitrogens with zero attached hydrogens (tertiary/aromatic N) is 1. The van der Waals surface area contributed by atoms with Gasteiger partial charge in [0.15, 0.2) is 6.61 Å². The summed E-state index contributed by atoms with van der Waals surface area (Å²) in [6, 6.07) is 11.9. The second kappa shape index (κ2) is 10.8. The number of nitrogens with one attached hydrogen (secondary N) is 3. The van der Waals surface area contributed by atoms with Crippen LogP contribution < -0.4 is 20.8 Å². The Labute approximate surface area is 173 Å². The van der Waals surface area contributed by atoms with Crippen LogP contribution in [0.3, 0.4) is 0 Å². The van der Waals surface area contributed by atoms with Crippen molar-refractivity contribution in [2.24, 2.45) is 5.10 Å². The molecule has 2 aromatic carbocycles. The molecule has 3 amide bonds. The standard InChI is InChI=1S/C20H21ClN4O4/c1-3-22-19(27)20(28)25-23-11-14-5-8-16(9-6-14)29-12-18(26)24-17-10-15(21)7-4-13(17)2/h4-11H,3,12H2,1-2H3,(H,22,27)(H,24,26)(H,25,28)/b23-11-. The fraction of sp³-hybridized carbons (Fsp3) is 0.200. The number of likely N-dealkylation sites (N-methyl/N-ethyl adjacent to an activating group) is 1. The highest BCUT2D eigenvalue weighted by atomic mass is 35.5. The van der Waals surface area contributed by atoms with Crippen LogP contribution in [0.5, 0.6) is 5.75 Å². The highest BCUT2D eigenvalue weighted by Gasteiger charge is 2.10. The number of hydrazone groups is 1. The Morgan fingerprint density at radius 1 is 1.10 bits per heavy atom. The molecule has 0 aliphatic heterocycles. The minimum absolute atomic E-state index is 0.165. The number of carbonyl (C=O) groups excluding carboxylic acids is 3. The minimum Gasteiger partial charge on any atom is -0.484 e. The van der Waals surface area contributed by atoms with Crippen LogP contribution in [0.1, 0.15) is 18.1 Å². The molecule has 0 saturated heterocycles. The first-order valence-electron chi connectivity index (χ1n) is 8.79. The van der Waals surface area contributed by atoms with Crippen LogP contribution in [-0.4, -0.2) is 37.1 Å². The summed E-state index contributed by atoms with van der Waals surface area (Å²) in [5.41, 5.74) is 4.33. The molecule has 152 valence electrons. The average Bonchev–Trinajstić information content (AvgIpc) is 2.70. The first-order valence-corrected chi connectivity index (χ1v) is 9.17. The van der Waals surface area contributed by atoms with E-state index in [1.54, 1.807) is 43.3 Å². The van der Waals surface area contributed by atoms with Crippen LogP contribution in [0, 0.1) is 6.92 Å². The normalized spacial score (nSPS) is 10.4. The topological polar surface area (TPSA) is 109 Å². The van der Waals surface area contributed by atoms with E-state index in [0.29, 0.717) is 28.6 Å². The summed E-state index contributed by atoms with van der Waals surface area (Å²) in [6.07, 6.45) is 1.38. The molecular formula is C20H21ClN4O4. The largest absolute Gasteiger partial charge is 0.484 e. The zero-order valence-electron chi connectivity index (χ0n) is 16.0. The lowest BCUT2D eigenvalue weighted by atomic mass is 10.2. The van der Waals surface area contributed by atoms with Crippen molar-refractivity contribution < 1.29 is 19.1 Å². The zero-order valence-corrected chi connectivity index (χ0v) is 16.7. The lowest BCUT2D eigenvalue weighted by Gasteiger charge is -2.10. The second-order valence-electron chi connectivity index (χ2n) is 5.92. The Morgan fingerprint density at radius 3 is 2.52 bits per heavy atom. The van der Waals surface area contributed by atoms with Crippen molar-refractivity contribution in [1.82, 2.24) is 10.7 Å². The fourth-order valence-electron chi connectivity index (χ4n) is 2.17. The van der Waals surface area contributed by atoms with Crippen molar-refractivity contribution in [3.8, 4) is 5.75 Å². The van der Waals surface area contributed by atoms with Gasteiger partial charge in [-0.05, 0) is 61.4 Å². The van der Waals surface area contributed by atoms with Gasteiger partial charge in [0.1, 0.15) is 5.75 Å². The lowest BCUT2D eigenvalue weighted by molar-refractivity contribution is -0.139. The molecule has 0 radical (unpaired) electrons. The van der Waals surface area contributed by atoms with Crippen molar-refractivity contribution >= 4 is 41.2 Å². The van der Waals surface area contributed by atoms with E-state index in [0.717, 1.165) is 5.56 Å². The fourth-order valence-corrected chi connectivity index (χ4v) is 2.34. The van der Waals surface area contributed by atoms with Crippen molar-refractivity contribution in [3.63, 3.8) is 0 Å². The van der Waals surface area contributed by atoms with Crippen molar-refractivity contribution in [1.29, 1.82) is 0 Å². The van der Waals surface area contributed by atoms with Crippen LogP contribution >= 0.6 is 11.6 Å². The monoisotopic (exact) mass is 416 g/mol. The van der Waals surface area contributed by atoms with Gasteiger partial charge in [-0.15, -0.1) is 0 Å². The van der Waals surface area contributed by atoms with E-state index in [1.165, 1.54) is 6.21 Å². The first-order chi connectivity index (χ1) is 13.9. The third-order valence-corrected chi connectivity index (χ3v) is 3.88. The third-order valence-electron chi connectivity index (χ3n) is 3.65. The van der Waals surface area contributed by atoms with Gasteiger partial charge in [-0.3, -0.25) is 14.4 Å². The summed E-state index contributed by atoms with van der Waals surface area (Å²) in [7, 11) is 0. The summed E-state index contributed by atoms with van der Waals surface area (Å²) < 4.78 is 5.45. The number of halogens is 1. The van der Waals surface area contributed by atoms with Crippen LogP contribution in [0.4, 0.5) is 5.69 Å². The lowest BCUT2D eigenvalue weighted by Crippen LogP contribution is -2.37. The molecule has 3 N–H and O–H groups in total. The highest BCUT2D eigenvalue weighted by Crippen LogP contribution is 2.20. The predicted octanol–water partition coefficient (Wildman–Crippen LogP) is 2.25. The predicted molar refractivity (Wildman–Crippen MR) is 111 cm³/mol. The molecule has 0 spiro atoms. The quantitative estimate of drug-likeness (QED) is 0.365. The summed E-state index contributed by atoms with van der Waals surface area (Å²) in [6.45, 7) is 3.77. The molecule has 2 aromatic rings. The molecule has 2 rings (SSSR count). The van der Waals surface area contributed by atoms with E-state index < -0.39 is 11.8 Å². The Balaban J connectivity index is 1.82. The number of hydrogen-bond acceptors (Lipinski definition) is 5. The van der Waals surface area contributed by atoms with Gasteiger partial charge < -0.3 is 15.4 Å². The zero-order chi connectivity index (χ0) is 21.2. The molecule has 0 atom stereocenters. The van der Waals surface area contributed by atoms with E-state index in [4.69, 9.17) is 16.3 Å². The number of ether oxygens (including phenoxy) is 1. The molecule has 0 saturated carbocycles. The summed E-state index contributed by atoms with van der Waals surface area (Å²) in [4.78, 5) is 34.7. The number of hydrogen-bond donors (Lipinski definition) is 3. The molecule has 0 bridgehead atoms. The van der Waals surface area contributed by atoms with E-state index in [2.05, 4.69) is 21.2 Å². The molecule has 0 unspecified atom stereocenters. The molecule has 8 nitrogen and oxygen atoms in total. The van der Waals surface area contributed by atoms with Crippen LogP contribution in [0.2, 0.25) is 5.02 Å². The number of anilines is 1. The van der Waals surface area contributed by atoms with E-state index in [9.17, 15) is 14.4 Å². The van der Waals surface area contributed by atoms with Gasteiger partial charge in [0.2, 0.25) is 0 Å². The summed E-state index contributed by atoms with van der Waals surface area (Å²) >= 11 is 5.93. The molecule has 0 fully saturated rings. The van der Waals surface area contributed by atoms with Crippen molar-refractivity contribution in [2.45, 2.75) is 13.8 Å². The maximum Gasteiger partial charge on any atom is 0.329 e. The number of carbonyl (C=O) groups is 3. The van der Waals surface area contributed by atoms with Gasteiger partial charge in [-0.1, -0.05) is 17.7 Å². The summed E-state index contributed by atoms with van der Waals surface area (Å²) in [5, 5.41) is 9.36. The second-order valence-corrected chi connectivity index (χ2v) is 6.36. The SMILES string of the molecule is CCNC(=O)C(=O)N/N=C\c1ccc(OCC(=O)Nc2cc(Cl)ccc2C)cc1. The smallest absolute Gasteiger partial charge is 0.329 e. The van der Waals surface area contributed by atoms with Gasteiger partial charge in [0.25, 0.3) is 5.91 Å². The van der Waals surface area contributed by atoms with E-state index in [-0.39, 0.29) is 12.5 Å². The molecule has 9 heteroatoms. The first kappa shape index (κ1) is 21.9. The summed E-state index contributed by atoms with van der Waals surface area (Å²) in [5.74, 6) is -1.41.